The summed E-state index contributed by atoms with van der Waals surface area (Å²) >= 11 is 6.22. The number of halogens is 1. The summed E-state index contributed by atoms with van der Waals surface area (Å²) < 4.78 is 5.45. The highest BCUT2D eigenvalue weighted by Crippen LogP contribution is 2.31. The van der Waals surface area contributed by atoms with Gasteiger partial charge in [-0.3, -0.25) is 4.79 Å². The molecular formula is C17H15ClN2O2. The number of anilines is 1. The van der Waals surface area contributed by atoms with Gasteiger partial charge < -0.3 is 15.4 Å². The average Bonchev–Trinajstić information content (AvgIpc) is 2.53. The third kappa shape index (κ3) is 2.78. The lowest BCUT2D eigenvalue weighted by Crippen LogP contribution is -2.38. The van der Waals surface area contributed by atoms with Gasteiger partial charge in [0.1, 0.15) is 18.5 Å². The van der Waals surface area contributed by atoms with E-state index in [0.717, 1.165) is 11.3 Å². The molecule has 2 N–H and O–H groups in total. The van der Waals surface area contributed by atoms with Gasteiger partial charge in [0.25, 0.3) is 5.91 Å². The third-order valence-electron chi connectivity index (χ3n) is 3.39. The van der Waals surface area contributed by atoms with Crippen LogP contribution in [0.3, 0.4) is 0 Å². The fourth-order valence-corrected chi connectivity index (χ4v) is 2.58. The summed E-state index contributed by atoms with van der Waals surface area (Å²) in [5.74, 6) is 0.482. The van der Waals surface area contributed by atoms with Crippen molar-refractivity contribution in [3.63, 3.8) is 0 Å². The second-order valence-electron chi connectivity index (χ2n) is 4.89. The van der Waals surface area contributed by atoms with Gasteiger partial charge in [0, 0.05) is 5.69 Å². The van der Waals surface area contributed by atoms with Crippen molar-refractivity contribution in [1.29, 1.82) is 0 Å². The summed E-state index contributed by atoms with van der Waals surface area (Å²) in [6.07, 6.45) is 1.33. The number of hydrogen-bond donors (Lipinski definition) is 2. The summed E-state index contributed by atoms with van der Waals surface area (Å²) in [5.41, 5.74) is 2.30. The Balaban J connectivity index is 1.85. The van der Waals surface area contributed by atoms with E-state index in [-0.39, 0.29) is 12.1 Å². The Morgan fingerprint density at radius 2 is 2.05 bits per heavy atom. The molecule has 1 aliphatic heterocycles. The van der Waals surface area contributed by atoms with Crippen LogP contribution >= 0.6 is 11.6 Å². The maximum absolute atomic E-state index is 12.1. The number of carbonyl (C=O) groups excluding carboxylic acids is 1. The van der Waals surface area contributed by atoms with Crippen molar-refractivity contribution < 1.29 is 9.53 Å². The van der Waals surface area contributed by atoms with E-state index in [1.165, 1.54) is 0 Å². The van der Waals surface area contributed by atoms with Gasteiger partial charge in [0.15, 0.2) is 0 Å². The average molecular weight is 315 g/mol. The first-order valence-electron chi connectivity index (χ1n) is 6.88. The molecule has 1 unspecified atom stereocenters. The van der Waals surface area contributed by atoms with E-state index in [2.05, 4.69) is 17.2 Å². The summed E-state index contributed by atoms with van der Waals surface area (Å²) in [4.78, 5) is 12.1. The van der Waals surface area contributed by atoms with Gasteiger partial charge in [0.2, 0.25) is 0 Å². The Kier molecular flexibility index (Phi) is 4.02. The van der Waals surface area contributed by atoms with Gasteiger partial charge in [0.05, 0.1) is 10.6 Å². The molecular weight excluding hydrogens is 300 g/mol. The number of amides is 1. The van der Waals surface area contributed by atoms with E-state index in [1.54, 1.807) is 24.3 Å². The maximum atomic E-state index is 12.1. The molecule has 0 spiro atoms. The Labute approximate surface area is 133 Å². The van der Waals surface area contributed by atoms with E-state index in [9.17, 15) is 4.79 Å². The van der Waals surface area contributed by atoms with E-state index in [1.807, 2.05) is 24.3 Å². The van der Waals surface area contributed by atoms with E-state index in [0.29, 0.717) is 22.9 Å². The summed E-state index contributed by atoms with van der Waals surface area (Å²) in [5, 5.41) is 6.69. The molecule has 0 aromatic heterocycles. The minimum atomic E-state index is -0.326. The second kappa shape index (κ2) is 6.12. The van der Waals surface area contributed by atoms with Crippen molar-refractivity contribution in [2.45, 2.75) is 6.17 Å². The Morgan fingerprint density at radius 1 is 1.23 bits per heavy atom. The van der Waals surface area contributed by atoms with Crippen LogP contribution in [0.4, 0.5) is 5.69 Å². The highest BCUT2D eigenvalue weighted by molar-refractivity contribution is 6.32. The Morgan fingerprint density at radius 3 is 2.82 bits per heavy atom. The first-order valence-corrected chi connectivity index (χ1v) is 7.26. The van der Waals surface area contributed by atoms with Crippen LogP contribution < -0.4 is 15.4 Å². The minimum absolute atomic E-state index is 0.109. The largest absolute Gasteiger partial charge is 0.488 e. The van der Waals surface area contributed by atoms with Crippen LogP contribution in [0.25, 0.3) is 0 Å². The fraction of sp³-hybridized carbons (Fsp3) is 0.118. The van der Waals surface area contributed by atoms with Crippen LogP contribution in [-0.4, -0.2) is 12.5 Å². The molecule has 1 aliphatic rings. The molecule has 22 heavy (non-hydrogen) atoms. The highest BCUT2D eigenvalue weighted by atomic mass is 35.5. The quantitative estimate of drug-likeness (QED) is 0.845. The zero-order chi connectivity index (χ0) is 15.5. The van der Waals surface area contributed by atoms with Crippen LogP contribution in [0.1, 0.15) is 22.1 Å². The predicted octanol–water partition coefficient (Wildman–Crippen LogP) is 3.76. The lowest BCUT2D eigenvalue weighted by Gasteiger charge is -2.28. The van der Waals surface area contributed by atoms with Gasteiger partial charge >= 0.3 is 0 Å². The molecule has 2 aromatic carbocycles. The van der Waals surface area contributed by atoms with Gasteiger partial charge in [-0.25, -0.2) is 0 Å². The SMILES string of the molecule is C=CCOc1ccc(C2NC(=O)c3ccccc3N2)cc1Cl. The number of nitrogens with one attached hydrogen (secondary N) is 2. The van der Waals surface area contributed by atoms with Crippen LogP contribution in [0.2, 0.25) is 5.02 Å². The lowest BCUT2D eigenvalue weighted by molar-refractivity contribution is 0.0935. The van der Waals surface area contributed by atoms with Crippen molar-refractivity contribution in [2.24, 2.45) is 0 Å². The summed E-state index contributed by atoms with van der Waals surface area (Å²) in [6, 6.07) is 12.8. The minimum Gasteiger partial charge on any atom is -0.488 e. The standard InChI is InChI=1S/C17H15ClN2O2/c1-2-9-22-15-8-7-11(10-13(15)18)16-19-14-6-4-3-5-12(14)17(21)20-16/h2-8,10,16,19H,1,9H2,(H,20,21). The van der Waals surface area contributed by atoms with Crippen molar-refractivity contribution in [3.8, 4) is 5.75 Å². The Hall–Kier alpha value is -2.46. The number of ether oxygens (including phenoxy) is 1. The van der Waals surface area contributed by atoms with Crippen LogP contribution in [-0.2, 0) is 0 Å². The molecule has 2 aromatic rings. The molecule has 0 saturated carbocycles. The molecule has 0 saturated heterocycles. The van der Waals surface area contributed by atoms with Crippen molar-refractivity contribution in [2.75, 3.05) is 11.9 Å². The molecule has 112 valence electrons. The maximum Gasteiger partial charge on any atom is 0.255 e. The van der Waals surface area contributed by atoms with E-state index >= 15 is 0 Å². The normalized spacial score (nSPS) is 16.2. The zero-order valence-corrected chi connectivity index (χ0v) is 12.6. The van der Waals surface area contributed by atoms with Crippen LogP contribution in [0.15, 0.2) is 55.1 Å². The Bertz CT molecular complexity index is 730. The molecule has 5 heteroatoms. The number of hydrogen-bond acceptors (Lipinski definition) is 3. The summed E-state index contributed by atoms with van der Waals surface area (Å²) in [7, 11) is 0. The van der Waals surface area contributed by atoms with Gasteiger partial charge in [-0.1, -0.05) is 42.5 Å². The second-order valence-corrected chi connectivity index (χ2v) is 5.29. The smallest absolute Gasteiger partial charge is 0.255 e. The number of fused-ring (bicyclic) bond motifs is 1. The number of carbonyl (C=O) groups is 1. The molecule has 0 fully saturated rings. The van der Waals surface area contributed by atoms with E-state index in [4.69, 9.17) is 16.3 Å². The van der Waals surface area contributed by atoms with E-state index < -0.39 is 0 Å². The van der Waals surface area contributed by atoms with Crippen molar-refractivity contribution in [3.05, 3.63) is 71.3 Å². The highest BCUT2D eigenvalue weighted by Gasteiger charge is 2.24. The zero-order valence-electron chi connectivity index (χ0n) is 11.8. The monoisotopic (exact) mass is 314 g/mol. The first-order chi connectivity index (χ1) is 10.7. The molecule has 3 rings (SSSR count). The van der Waals surface area contributed by atoms with Gasteiger partial charge in [-0.05, 0) is 29.8 Å². The third-order valence-corrected chi connectivity index (χ3v) is 3.69. The topological polar surface area (TPSA) is 50.4 Å². The summed E-state index contributed by atoms with van der Waals surface area (Å²) in [6.45, 7) is 3.99. The van der Waals surface area contributed by atoms with Crippen LogP contribution in [0.5, 0.6) is 5.75 Å². The number of para-hydroxylation sites is 1. The molecule has 1 heterocycles. The molecule has 0 radical (unpaired) electrons. The molecule has 4 nitrogen and oxygen atoms in total. The predicted molar refractivity (Wildman–Crippen MR) is 87.4 cm³/mol. The van der Waals surface area contributed by atoms with Crippen molar-refractivity contribution in [1.82, 2.24) is 5.32 Å². The van der Waals surface area contributed by atoms with Gasteiger partial charge in [-0.15, -0.1) is 0 Å². The van der Waals surface area contributed by atoms with Crippen LogP contribution in [0, 0.1) is 0 Å². The first kappa shape index (κ1) is 14.5. The number of rotatable bonds is 4. The van der Waals surface area contributed by atoms with Crippen molar-refractivity contribution >= 4 is 23.2 Å². The lowest BCUT2D eigenvalue weighted by atomic mass is 10.1. The fourth-order valence-electron chi connectivity index (χ4n) is 2.34. The molecule has 1 amide bonds. The van der Waals surface area contributed by atoms with Gasteiger partial charge in [-0.2, -0.15) is 0 Å². The molecule has 0 aliphatic carbocycles. The molecule has 0 bridgehead atoms. The number of benzene rings is 2. The molecule has 1 atom stereocenters.